The van der Waals surface area contributed by atoms with Crippen molar-refractivity contribution in [1.82, 2.24) is 5.43 Å². The average molecular weight is 286 g/mol. The number of nitrogens with zero attached hydrogens (tertiary/aromatic N) is 1. The Hall–Kier alpha value is -2.10. The van der Waals surface area contributed by atoms with Gasteiger partial charge in [-0.2, -0.15) is 5.10 Å². The molecule has 1 saturated carbocycles. The molecule has 2 N–H and O–H groups in total. The molecule has 3 atom stereocenters. The minimum Gasteiger partial charge on any atom is -0.477 e. The number of hydrazone groups is 1. The molecule has 4 heteroatoms. The Balaban J connectivity index is 0.000000774. The molecular weight excluding hydrogens is 264 g/mol. The number of hydrogen-bond donors (Lipinski definition) is 2. The van der Waals surface area contributed by atoms with Crippen molar-refractivity contribution in [3.63, 3.8) is 0 Å². The lowest BCUT2D eigenvalue weighted by Crippen LogP contribution is -2.18. The van der Waals surface area contributed by atoms with Gasteiger partial charge >= 0.3 is 5.97 Å². The maximum atomic E-state index is 11.0. The molecule has 3 unspecified atom stereocenters. The standard InChI is InChI=1S/C15H16N2O2.C2H6/c1-9-13-11(7-8-12(15(18)19)17-16-9)14(13)10-5-3-2-4-6-10;1-2/h2-6,8,11,13-14,17H,7H2,1H3,(H,18,19);1-2H3/b12-8+,16-9+;. The Bertz CT molecular complexity index is 563. The smallest absolute Gasteiger partial charge is 0.353 e. The van der Waals surface area contributed by atoms with Crippen LogP contribution in [-0.2, 0) is 4.79 Å². The second-order valence-electron chi connectivity index (χ2n) is 5.15. The third-order valence-corrected chi connectivity index (χ3v) is 4.01. The average Bonchev–Trinajstić information content (AvgIpc) is 3.21. The van der Waals surface area contributed by atoms with Gasteiger partial charge in [0.1, 0.15) is 5.70 Å². The van der Waals surface area contributed by atoms with E-state index in [4.69, 9.17) is 5.11 Å². The first-order valence-corrected chi connectivity index (χ1v) is 7.47. The summed E-state index contributed by atoms with van der Waals surface area (Å²) in [7, 11) is 0. The van der Waals surface area contributed by atoms with E-state index in [1.807, 2.05) is 39.0 Å². The largest absolute Gasteiger partial charge is 0.477 e. The van der Waals surface area contributed by atoms with Gasteiger partial charge in [0.2, 0.25) is 0 Å². The Morgan fingerprint density at radius 1 is 1.24 bits per heavy atom. The number of carboxylic acids is 1. The lowest BCUT2D eigenvalue weighted by Gasteiger charge is -2.06. The molecule has 21 heavy (non-hydrogen) atoms. The summed E-state index contributed by atoms with van der Waals surface area (Å²) in [6, 6.07) is 10.4. The maximum Gasteiger partial charge on any atom is 0.353 e. The number of aliphatic carboxylic acids is 1. The molecular formula is C17H22N2O2. The number of carbonyl (C=O) groups is 1. The van der Waals surface area contributed by atoms with Gasteiger partial charge in [0.15, 0.2) is 0 Å². The van der Waals surface area contributed by atoms with Crippen molar-refractivity contribution in [2.24, 2.45) is 16.9 Å². The number of fused-ring (bicyclic) bond motifs is 1. The van der Waals surface area contributed by atoms with Gasteiger partial charge in [-0.05, 0) is 30.7 Å². The second-order valence-corrected chi connectivity index (χ2v) is 5.15. The minimum atomic E-state index is -0.952. The zero-order valence-corrected chi connectivity index (χ0v) is 12.7. The summed E-state index contributed by atoms with van der Waals surface area (Å²) in [5.41, 5.74) is 5.14. The van der Waals surface area contributed by atoms with Crippen LogP contribution in [0.1, 0.15) is 38.7 Å². The normalized spacial score (nSPS) is 31.5. The quantitative estimate of drug-likeness (QED) is 0.876. The fraction of sp³-hybridized carbons (Fsp3) is 0.412. The fourth-order valence-electron chi connectivity index (χ4n) is 3.02. The second kappa shape index (κ2) is 6.57. The molecule has 1 heterocycles. The van der Waals surface area contributed by atoms with E-state index in [0.717, 1.165) is 12.1 Å². The lowest BCUT2D eigenvalue weighted by atomic mass is 10.1. The highest BCUT2D eigenvalue weighted by Crippen LogP contribution is 2.57. The van der Waals surface area contributed by atoms with Gasteiger partial charge in [-0.3, -0.25) is 5.43 Å². The summed E-state index contributed by atoms with van der Waals surface area (Å²) in [6.07, 6.45) is 2.53. The highest BCUT2D eigenvalue weighted by Gasteiger charge is 2.52. The molecule has 0 saturated heterocycles. The SMILES string of the molecule is C/C1=N\N/C(C(=O)O)=C/CC2C1C2c1ccccc1.CC. The van der Waals surface area contributed by atoms with E-state index in [2.05, 4.69) is 22.7 Å². The topological polar surface area (TPSA) is 61.7 Å². The van der Waals surface area contributed by atoms with Crippen LogP contribution in [0.3, 0.4) is 0 Å². The first-order chi connectivity index (χ1) is 10.2. The highest BCUT2D eigenvalue weighted by molar-refractivity contribution is 5.91. The monoisotopic (exact) mass is 286 g/mol. The number of carboxylic acid groups (broad SMARTS) is 1. The third-order valence-electron chi connectivity index (χ3n) is 4.01. The Morgan fingerprint density at radius 3 is 2.52 bits per heavy atom. The van der Waals surface area contributed by atoms with Gasteiger partial charge in [0.25, 0.3) is 0 Å². The first kappa shape index (κ1) is 15.3. The van der Waals surface area contributed by atoms with Crippen LogP contribution in [0.5, 0.6) is 0 Å². The van der Waals surface area contributed by atoms with Crippen molar-refractivity contribution in [3.05, 3.63) is 47.7 Å². The van der Waals surface area contributed by atoms with Crippen LogP contribution in [0.2, 0.25) is 0 Å². The van der Waals surface area contributed by atoms with Crippen LogP contribution in [-0.4, -0.2) is 16.8 Å². The minimum absolute atomic E-state index is 0.177. The van der Waals surface area contributed by atoms with E-state index in [-0.39, 0.29) is 5.70 Å². The lowest BCUT2D eigenvalue weighted by molar-refractivity contribution is -0.133. The fourth-order valence-corrected chi connectivity index (χ4v) is 3.02. The maximum absolute atomic E-state index is 11.0. The van der Waals surface area contributed by atoms with Gasteiger partial charge in [0.05, 0.1) is 0 Å². The van der Waals surface area contributed by atoms with E-state index >= 15 is 0 Å². The van der Waals surface area contributed by atoms with Crippen LogP contribution < -0.4 is 5.43 Å². The third kappa shape index (κ3) is 3.15. The van der Waals surface area contributed by atoms with Crippen LogP contribution in [0.15, 0.2) is 47.2 Å². The molecule has 112 valence electrons. The van der Waals surface area contributed by atoms with Gasteiger partial charge in [-0.25, -0.2) is 4.79 Å². The number of hydrogen-bond acceptors (Lipinski definition) is 3. The highest BCUT2D eigenvalue weighted by atomic mass is 16.4. The van der Waals surface area contributed by atoms with E-state index in [1.165, 1.54) is 5.56 Å². The van der Waals surface area contributed by atoms with Crippen LogP contribution in [0.4, 0.5) is 0 Å². The van der Waals surface area contributed by atoms with Crippen molar-refractivity contribution >= 4 is 11.7 Å². The van der Waals surface area contributed by atoms with Crippen molar-refractivity contribution in [2.75, 3.05) is 0 Å². The van der Waals surface area contributed by atoms with Gasteiger partial charge < -0.3 is 5.11 Å². The Labute approximate surface area is 125 Å². The van der Waals surface area contributed by atoms with Crippen molar-refractivity contribution in [3.8, 4) is 0 Å². The number of benzene rings is 1. The van der Waals surface area contributed by atoms with E-state index < -0.39 is 5.97 Å². The van der Waals surface area contributed by atoms with Gasteiger partial charge in [-0.15, -0.1) is 0 Å². The van der Waals surface area contributed by atoms with E-state index in [0.29, 0.717) is 17.8 Å². The molecule has 3 rings (SSSR count). The number of allylic oxidation sites excluding steroid dienone is 1. The molecule has 0 radical (unpaired) electrons. The Kier molecular flexibility index (Phi) is 4.78. The summed E-state index contributed by atoms with van der Waals surface area (Å²) in [6.45, 7) is 5.97. The molecule has 0 bridgehead atoms. The zero-order chi connectivity index (χ0) is 15.4. The van der Waals surface area contributed by atoms with Crippen molar-refractivity contribution < 1.29 is 9.90 Å². The molecule has 0 spiro atoms. The van der Waals surface area contributed by atoms with E-state index in [1.54, 1.807) is 6.08 Å². The van der Waals surface area contributed by atoms with Crippen LogP contribution in [0.25, 0.3) is 0 Å². The molecule has 0 amide bonds. The number of rotatable bonds is 2. The molecule has 1 aromatic carbocycles. The summed E-state index contributed by atoms with van der Waals surface area (Å²) in [4.78, 5) is 11.0. The summed E-state index contributed by atoms with van der Waals surface area (Å²) < 4.78 is 0. The Morgan fingerprint density at radius 2 is 1.90 bits per heavy atom. The van der Waals surface area contributed by atoms with Crippen LogP contribution >= 0.6 is 0 Å². The summed E-state index contributed by atoms with van der Waals surface area (Å²) >= 11 is 0. The van der Waals surface area contributed by atoms with Crippen molar-refractivity contribution in [1.29, 1.82) is 0 Å². The summed E-state index contributed by atoms with van der Waals surface area (Å²) in [5, 5.41) is 13.2. The van der Waals surface area contributed by atoms with E-state index in [9.17, 15) is 4.79 Å². The molecule has 1 aliphatic carbocycles. The van der Waals surface area contributed by atoms with Crippen LogP contribution in [0, 0.1) is 11.8 Å². The molecule has 1 aromatic rings. The zero-order valence-electron chi connectivity index (χ0n) is 12.7. The predicted molar refractivity (Wildman–Crippen MR) is 84.1 cm³/mol. The molecule has 0 aromatic heterocycles. The van der Waals surface area contributed by atoms with Crippen molar-refractivity contribution in [2.45, 2.75) is 33.1 Å². The number of nitrogens with one attached hydrogen (secondary N) is 1. The van der Waals surface area contributed by atoms with Gasteiger partial charge in [-0.1, -0.05) is 50.3 Å². The molecule has 1 aliphatic heterocycles. The molecule has 4 nitrogen and oxygen atoms in total. The predicted octanol–water partition coefficient (Wildman–Crippen LogP) is 3.38. The molecule has 2 aliphatic rings. The van der Waals surface area contributed by atoms with Gasteiger partial charge in [0, 0.05) is 11.6 Å². The molecule has 1 fully saturated rings. The summed E-state index contributed by atoms with van der Waals surface area (Å²) in [5.74, 6) is 0.423. The first-order valence-electron chi connectivity index (χ1n) is 7.47.